The molecule has 5 nitrogen and oxygen atoms in total. The highest BCUT2D eigenvalue weighted by molar-refractivity contribution is 7.09. The minimum absolute atomic E-state index is 0.0128. The van der Waals surface area contributed by atoms with Crippen LogP contribution < -0.4 is 15.8 Å². The van der Waals surface area contributed by atoms with Gasteiger partial charge in [-0.05, 0) is 23.6 Å². The maximum atomic E-state index is 11.8. The number of hydrogen-bond donors (Lipinski definition) is 2. The van der Waals surface area contributed by atoms with E-state index in [4.69, 9.17) is 15.2 Å². The van der Waals surface area contributed by atoms with E-state index < -0.39 is 0 Å². The molecule has 1 amide bonds. The number of ether oxygens (including phenoxy) is 2. The minimum atomic E-state index is -0.218. The van der Waals surface area contributed by atoms with Gasteiger partial charge in [0.2, 0.25) is 5.91 Å². The standard InChI is InChI=1S/C15H18N2O3S/c1-19-14-9-11(16)4-5-13(14)17-15(18)10-20-7-6-12-3-2-8-21-12/h2-5,8-9H,6-7,10,16H2,1H3,(H,17,18). The van der Waals surface area contributed by atoms with Gasteiger partial charge >= 0.3 is 0 Å². The van der Waals surface area contributed by atoms with Gasteiger partial charge in [0.25, 0.3) is 0 Å². The number of nitrogens with two attached hydrogens (primary N) is 1. The van der Waals surface area contributed by atoms with Crippen molar-refractivity contribution >= 4 is 28.6 Å². The third-order valence-electron chi connectivity index (χ3n) is 2.81. The van der Waals surface area contributed by atoms with E-state index in [0.717, 1.165) is 6.42 Å². The molecule has 0 atom stereocenters. The van der Waals surface area contributed by atoms with Gasteiger partial charge in [-0.25, -0.2) is 0 Å². The number of nitrogens with one attached hydrogen (secondary N) is 1. The maximum absolute atomic E-state index is 11.8. The number of amides is 1. The number of benzene rings is 1. The van der Waals surface area contributed by atoms with Crippen molar-refractivity contribution in [1.82, 2.24) is 0 Å². The Hall–Kier alpha value is -2.05. The molecular formula is C15H18N2O3S. The Morgan fingerprint density at radius 2 is 2.24 bits per heavy atom. The van der Waals surface area contributed by atoms with Crippen LogP contribution in [0.1, 0.15) is 4.88 Å². The van der Waals surface area contributed by atoms with Crippen LogP contribution in [0, 0.1) is 0 Å². The van der Waals surface area contributed by atoms with Crippen LogP contribution in [0.25, 0.3) is 0 Å². The van der Waals surface area contributed by atoms with Crippen LogP contribution in [-0.4, -0.2) is 26.2 Å². The van der Waals surface area contributed by atoms with Crippen molar-refractivity contribution < 1.29 is 14.3 Å². The third-order valence-corrected chi connectivity index (χ3v) is 3.74. The van der Waals surface area contributed by atoms with Crippen LogP contribution in [0.2, 0.25) is 0 Å². The first-order chi connectivity index (χ1) is 10.2. The van der Waals surface area contributed by atoms with Crippen molar-refractivity contribution in [3.8, 4) is 5.75 Å². The molecule has 2 rings (SSSR count). The summed E-state index contributed by atoms with van der Waals surface area (Å²) in [5, 5.41) is 4.76. The SMILES string of the molecule is COc1cc(N)ccc1NC(=O)COCCc1cccs1. The molecule has 1 aromatic heterocycles. The number of hydrogen-bond acceptors (Lipinski definition) is 5. The molecule has 2 aromatic rings. The molecule has 0 fully saturated rings. The summed E-state index contributed by atoms with van der Waals surface area (Å²) < 4.78 is 10.5. The molecule has 1 heterocycles. The van der Waals surface area contributed by atoms with Gasteiger partial charge in [-0.3, -0.25) is 4.79 Å². The van der Waals surface area contributed by atoms with E-state index in [1.807, 2.05) is 17.5 Å². The van der Waals surface area contributed by atoms with E-state index >= 15 is 0 Å². The Labute approximate surface area is 127 Å². The van der Waals surface area contributed by atoms with E-state index in [2.05, 4.69) is 5.32 Å². The lowest BCUT2D eigenvalue weighted by molar-refractivity contribution is -0.120. The fraction of sp³-hybridized carbons (Fsp3) is 0.267. The van der Waals surface area contributed by atoms with Crippen molar-refractivity contribution in [3.05, 3.63) is 40.6 Å². The summed E-state index contributed by atoms with van der Waals surface area (Å²) in [7, 11) is 1.53. The molecule has 6 heteroatoms. The highest BCUT2D eigenvalue weighted by atomic mass is 32.1. The lowest BCUT2D eigenvalue weighted by Crippen LogP contribution is -2.19. The van der Waals surface area contributed by atoms with Crippen LogP contribution in [0.5, 0.6) is 5.75 Å². The molecule has 0 saturated heterocycles. The second-order valence-electron chi connectivity index (χ2n) is 4.39. The van der Waals surface area contributed by atoms with Gasteiger partial charge in [0.05, 0.1) is 19.4 Å². The molecular weight excluding hydrogens is 288 g/mol. The molecule has 0 aliphatic rings. The summed E-state index contributed by atoms with van der Waals surface area (Å²) in [6.07, 6.45) is 0.816. The Morgan fingerprint density at radius 3 is 2.95 bits per heavy atom. The van der Waals surface area contributed by atoms with Crippen LogP contribution in [0.3, 0.4) is 0 Å². The lowest BCUT2D eigenvalue weighted by Gasteiger charge is -2.11. The molecule has 0 unspecified atom stereocenters. The van der Waals surface area contributed by atoms with Gasteiger partial charge in [-0.2, -0.15) is 0 Å². The molecule has 1 aromatic carbocycles. The minimum Gasteiger partial charge on any atom is -0.494 e. The lowest BCUT2D eigenvalue weighted by atomic mass is 10.2. The van der Waals surface area contributed by atoms with E-state index in [-0.39, 0.29) is 12.5 Å². The average Bonchev–Trinajstić information content (AvgIpc) is 2.99. The van der Waals surface area contributed by atoms with Gasteiger partial charge in [0.1, 0.15) is 12.4 Å². The zero-order valence-corrected chi connectivity index (χ0v) is 12.6. The number of carbonyl (C=O) groups excluding carboxylic acids is 1. The summed E-state index contributed by atoms with van der Waals surface area (Å²) in [6.45, 7) is 0.533. The number of anilines is 2. The molecule has 0 saturated carbocycles. The van der Waals surface area contributed by atoms with Gasteiger partial charge in [0, 0.05) is 23.1 Å². The average molecular weight is 306 g/mol. The van der Waals surface area contributed by atoms with Gasteiger partial charge in [-0.15, -0.1) is 11.3 Å². The number of carbonyl (C=O) groups is 1. The first kappa shape index (κ1) is 15.3. The molecule has 0 aliphatic heterocycles. The summed E-state index contributed by atoms with van der Waals surface area (Å²) in [5.74, 6) is 0.311. The quantitative estimate of drug-likeness (QED) is 0.609. The predicted octanol–water partition coefficient (Wildman–Crippen LogP) is 2.54. The van der Waals surface area contributed by atoms with E-state index in [9.17, 15) is 4.79 Å². The zero-order chi connectivity index (χ0) is 15.1. The number of thiophene rings is 1. The summed E-state index contributed by atoms with van der Waals surface area (Å²) in [4.78, 5) is 13.1. The third kappa shape index (κ3) is 4.77. The van der Waals surface area contributed by atoms with Crippen molar-refractivity contribution in [2.45, 2.75) is 6.42 Å². The smallest absolute Gasteiger partial charge is 0.250 e. The van der Waals surface area contributed by atoms with Gasteiger partial charge in [0.15, 0.2) is 0 Å². The fourth-order valence-electron chi connectivity index (χ4n) is 1.79. The molecule has 21 heavy (non-hydrogen) atoms. The molecule has 112 valence electrons. The Morgan fingerprint density at radius 1 is 1.38 bits per heavy atom. The van der Waals surface area contributed by atoms with E-state index in [1.54, 1.807) is 29.5 Å². The predicted molar refractivity (Wildman–Crippen MR) is 84.9 cm³/mol. The summed E-state index contributed by atoms with van der Waals surface area (Å²) in [6, 6.07) is 9.12. The molecule has 0 aliphatic carbocycles. The monoisotopic (exact) mass is 306 g/mol. The molecule has 0 radical (unpaired) electrons. The van der Waals surface area contributed by atoms with Crippen LogP contribution in [0.4, 0.5) is 11.4 Å². The van der Waals surface area contributed by atoms with E-state index in [0.29, 0.717) is 23.7 Å². The van der Waals surface area contributed by atoms with Crippen LogP contribution in [0.15, 0.2) is 35.7 Å². The maximum Gasteiger partial charge on any atom is 0.250 e. The summed E-state index contributed by atoms with van der Waals surface area (Å²) in [5.41, 5.74) is 6.82. The molecule has 0 bridgehead atoms. The van der Waals surface area contributed by atoms with Gasteiger partial charge < -0.3 is 20.5 Å². The second kappa shape index (κ2) is 7.66. The van der Waals surface area contributed by atoms with Crippen molar-refractivity contribution in [1.29, 1.82) is 0 Å². The second-order valence-corrected chi connectivity index (χ2v) is 5.42. The first-order valence-electron chi connectivity index (χ1n) is 6.52. The van der Waals surface area contributed by atoms with Gasteiger partial charge in [-0.1, -0.05) is 6.07 Å². The fourth-order valence-corrected chi connectivity index (χ4v) is 2.48. The Bertz CT molecular complexity index is 585. The highest BCUT2D eigenvalue weighted by Crippen LogP contribution is 2.26. The van der Waals surface area contributed by atoms with Crippen molar-refractivity contribution in [2.24, 2.45) is 0 Å². The topological polar surface area (TPSA) is 73.6 Å². The number of methoxy groups -OCH3 is 1. The molecule has 0 spiro atoms. The Kier molecular flexibility index (Phi) is 5.59. The summed E-state index contributed by atoms with van der Waals surface area (Å²) >= 11 is 1.68. The largest absolute Gasteiger partial charge is 0.494 e. The van der Waals surface area contributed by atoms with Crippen molar-refractivity contribution in [2.75, 3.05) is 31.4 Å². The number of rotatable bonds is 7. The Balaban J connectivity index is 1.76. The normalized spacial score (nSPS) is 10.3. The highest BCUT2D eigenvalue weighted by Gasteiger charge is 2.08. The number of nitrogen functional groups attached to an aromatic ring is 1. The zero-order valence-electron chi connectivity index (χ0n) is 11.8. The van der Waals surface area contributed by atoms with Crippen LogP contribution in [-0.2, 0) is 16.0 Å². The van der Waals surface area contributed by atoms with E-state index in [1.165, 1.54) is 12.0 Å². The van der Waals surface area contributed by atoms with Crippen LogP contribution >= 0.6 is 11.3 Å². The van der Waals surface area contributed by atoms with Crippen molar-refractivity contribution in [3.63, 3.8) is 0 Å². The first-order valence-corrected chi connectivity index (χ1v) is 7.40. The molecule has 3 N–H and O–H groups in total.